The molecule has 1 atom stereocenters. The number of fused-ring (bicyclic) bond motifs is 1. The lowest BCUT2D eigenvalue weighted by Gasteiger charge is -2.36. The summed E-state index contributed by atoms with van der Waals surface area (Å²) in [5.74, 6) is 2.38. The minimum absolute atomic E-state index is 0.239. The van der Waals surface area contributed by atoms with Gasteiger partial charge in [0.05, 0.1) is 50.2 Å². The van der Waals surface area contributed by atoms with Gasteiger partial charge in [-0.2, -0.15) is 21.3 Å². The van der Waals surface area contributed by atoms with Crippen molar-refractivity contribution in [3.05, 3.63) is 39.4 Å². The molecule has 5 rings (SSSR count). The van der Waals surface area contributed by atoms with Gasteiger partial charge in [-0.25, -0.2) is 4.79 Å². The van der Waals surface area contributed by atoms with Crippen LogP contribution in [0.5, 0.6) is 0 Å². The Bertz CT molecular complexity index is 1050. The number of allylic oxidation sites excluding steroid dienone is 2. The summed E-state index contributed by atoms with van der Waals surface area (Å²) in [5.41, 5.74) is 2.63. The highest BCUT2D eigenvalue weighted by atomic mass is 32.1. The molecular formula is C23H29N5O5S. The first-order valence-corrected chi connectivity index (χ1v) is 12.5. The second-order valence-corrected chi connectivity index (χ2v) is 8.98. The van der Waals surface area contributed by atoms with Gasteiger partial charge in [0.2, 0.25) is 5.95 Å². The van der Waals surface area contributed by atoms with Gasteiger partial charge in [0.15, 0.2) is 0 Å². The van der Waals surface area contributed by atoms with Crippen molar-refractivity contribution >= 4 is 35.1 Å². The van der Waals surface area contributed by atoms with Gasteiger partial charge in [0.25, 0.3) is 0 Å². The van der Waals surface area contributed by atoms with E-state index in [1.165, 1.54) is 0 Å². The fourth-order valence-electron chi connectivity index (χ4n) is 4.44. The molecule has 2 aromatic heterocycles. The number of carbonyl (C=O) groups excluding carboxylic acids is 1. The molecule has 5 heterocycles. The SMILES string of the molecule is CCOC(=O)OC1=C(C)Nc2nc(N3CCOCC3)nc(N3CCOCC3)c2C1c1ccsc1. The van der Waals surface area contributed by atoms with E-state index in [1.807, 2.05) is 18.4 Å². The summed E-state index contributed by atoms with van der Waals surface area (Å²) >= 11 is 1.60. The van der Waals surface area contributed by atoms with Crippen molar-refractivity contribution < 1.29 is 23.7 Å². The normalized spacial score (nSPS) is 20.6. The molecule has 2 saturated heterocycles. The van der Waals surface area contributed by atoms with E-state index in [0.717, 1.165) is 54.6 Å². The number of rotatable bonds is 5. The Balaban J connectivity index is 1.64. The largest absolute Gasteiger partial charge is 0.513 e. The van der Waals surface area contributed by atoms with E-state index in [4.69, 9.17) is 28.9 Å². The van der Waals surface area contributed by atoms with Crippen molar-refractivity contribution in [2.75, 3.05) is 74.3 Å². The molecule has 0 aliphatic carbocycles. The summed E-state index contributed by atoms with van der Waals surface area (Å²) in [7, 11) is 0. The first kappa shape index (κ1) is 22.9. The number of hydrogen-bond donors (Lipinski definition) is 1. The third-order valence-corrected chi connectivity index (χ3v) is 6.78. The standard InChI is InChI=1S/C23H29N5O5S/c1-3-32-23(29)33-19-15(2)24-20-18(17(19)16-4-13-34-14-16)21(27-5-9-30-10-6-27)26-22(25-20)28-7-11-31-12-8-28/h4,13-14,17H,3,5-12H2,1-2H3,(H,24,25,26). The fraction of sp³-hybridized carbons (Fsp3) is 0.522. The smallest absolute Gasteiger partial charge is 0.434 e. The third kappa shape index (κ3) is 4.55. The number of ether oxygens (including phenoxy) is 4. The van der Waals surface area contributed by atoms with Gasteiger partial charge in [-0.05, 0) is 36.2 Å². The maximum atomic E-state index is 12.4. The number of nitrogens with one attached hydrogen (secondary N) is 1. The van der Waals surface area contributed by atoms with Crippen molar-refractivity contribution in [1.29, 1.82) is 0 Å². The molecule has 0 saturated carbocycles. The summed E-state index contributed by atoms with van der Waals surface area (Å²) in [6.07, 6.45) is -0.721. The van der Waals surface area contributed by atoms with E-state index in [1.54, 1.807) is 18.3 Å². The van der Waals surface area contributed by atoms with Gasteiger partial charge in [0, 0.05) is 26.2 Å². The molecular weight excluding hydrogens is 458 g/mol. The second-order valence-electron chi connectivity index (χ2n) is 8.20. The first-order chi connectivity index (χ1) is 16.7. The summed E-state index contributed by atoms with van der Waals surface area (Å²) in [6, 6.07) is 2.05. The molecule has 10 nitrogen and oxygen atoms in total. The maximum Gasteiger partial charge on any atom is 0.513 e. The van der Waals surface area contributed by atoms with Crippen LogP contribution >= 0.6 is 11.3 Å². The first-order valence-electron chi connectivity index (χ1n) is 11.6. The number of hydrogen-bond acceptors (Lipinski definition) is 11. The van der Waals surface area contributed by atoms with Gasteiger partial charge in [-0.15, -0.1) is 0 Å². The van der Waals surface area contributed by atoms with Crippen LogP contribution in [0.25, 0.3) is 0 Å². The number of nitrogens with zero attached hydrogens (tertiary/aromatic N) is 4. The second kappa shape index (κ2) is 10.2. The minimum Gasteiger partial charge on any atom is -0.434 e. The highest BCUT2D eigenvalue weighted by Crippen LogP contribution is 2.46. The van der Waals surface area contributed by atoms with Crippen LogP contribution in [-0.2, 0) is 18.9 Å². The molecule has 0 radical (unpaired) electrons. The molecule has 182 valence electrons. The molecule has 0 bridgehead atoms. The lowest BCUT2D eigenvalue weighted by atomic mass is 9.88. The number of carbonyl (C=O) groups is 1. The quantitative estimate of drug-likeness (QED) is 0.633. The topological polar surface area (TPSA) is 98.3 Å². The van der Waals surface area contributed by atoms with Crippen molar-refractivity contribution in [3.8, 4) is 0 Å². The number of aromatic nitrogens is 2. The molecule has 3 aliphatic rings. The predicted octanol–water partition coefficient (Wildman–Crippen LogP) is 3.17. The summed E-state index contributed by atoms with van der Waals surface area (Å²) in [6.45, 7) is 9.35. The van der Waals surface area contributed by atoms with Crippen molar-refractivity contribution in [3.63, 3.8) is 0 Å². The third-order valence-electron chi connectivity index (χ3n) is 6.08. The number of anilines is 3. The Morgan fingerprint density at radius 1 is 1.15 bits per heavy atom. The minimum atomic E-state index is -0.721. The zero-order chi connectivity index (χ0) is 23.5. The van der Waals surface area contributed by atoms with Crippen molar-refractivity contribution in [2.24, 2.45) is 0 Å². The molecule has 1 N–H and O–H groups in total. The van der Waals surface area contributed by atoms with E-state index in [0.29, 0.717) is 38.1 Å². The Morgan fingerprint density at radius 3 is 2.50 bits per heavy atom. The van der Waals surface area contributed by atoms with E-state index in [2.05, 4.69) is 20.5 Å². The van der Waals surface area contributed by atoms with E-state index < -0.39 is 6.16 Å². The Labute approximate surface area is 202 Å². The summed E-state index contributed by atoms with van der Waals surface area (Å²) in [4.78, 5) is 26.7. The average molecular weight is 488 g/mol. The molecule has 3 aliphatic heterocycles. The van der Waals surface area contributed by atoms with E-state index >= 15 is 0 Å². The van der Waals surface area contributed by atoms with Crippen LogP contribution in [0, 0.1) is 0 Å². The van der Waals surface area contributed by atoms with Crippen molar-refractivity contribution in [1.82, 2.24) is 9.97 Å². The van der Waals surface area contributed by atoms with Gasteiger partial charge in [0.1, 0.15) is 17.4 Å². The van der Waals surface area contributed by atoms with Crippen LogP contribution in [0.3, 0.4) is 0 Å². The maximum absolute atomic E-state index is 12.4. The molecule has 11 heteroatoms. The highest BCUT2D eigenvalue weighted by molar-refractivity contribution is 7.08. The van der Waals surface area contributed by atoms with Gasteiger partial charge in [-0.3, -0.25) is 0 Å². The average Bonchev–Trinajstić information content (AvgIpc) is 3.40. The van der Waals surface area contributed by atoms with Gasteiger partial charge in [-0.1, -0.05) is 0 Å². The zero-order valence-electron chi connectivity index (χ0n) is 19.4. The summed E-state index contributed by atoms with van der Waals surface area (Å²) < 4.78 is 22.0. The monoisotopic (exact) mass is 487 g/mol. The highest BCUT2D eigenvalue weighted by Gasteiger charge is 2.38. The van der Waals surface area contributed by atoms with Gasteiger partial charge < -0.3 is 34.1 Å². The van der Waals surface area contributed by atoms with Crippen LogP contribution in [0.2, 0.25) is 0 Å². The molecule has 2 fully saturated rings. The fourth-order valence-corrected chi connectivity index (χ4v) is 5.13. The zero-order valence-corrected chi connectivity index (χ0v) is 20.2. The molecule has 0 amide bonds. The van der Waals surface area contributed by atoms with Gasteiger partial charge >= 0.3 is 6.16 Å². The van der Waals surface area contributed by atoms with Crippen LogP contribution in [0.4, 0.5) is 22.4 Å². The van der Waals surface area contributed by atoms with E-state index in [-0.39, 0.29) is 12.5 Å². The Hall–Kier alpha value is -2.89. The lowest BCUT2D eigenvalue weighted by molar-refractivity contribution is 0.0777. The van der Waals surface area contributed by atoms with E-state index in [9.17, 15) is 4.79 Å². The molecule has 0 spiro atoms. The number of thiophene rings is 1. The Morgan fingerprint density at radius 2 is 1.85 bits per heavy atom. The number of morpholine rings is 2. The molecule has 34 heavy (non-hydrogen) atoms. The van der Waals surface area contributed by atoms with Crippen LogP contribution in [-0.4, -0.2) is 75.3 Å². The van der Waals surface area contributed by atoms with Crippen LogP contribution < -0.4 is 15.1 Å². The Kier molecular flexibility index (Phi) is 6.84. The lowest BCUT2D eigenvalue weighted by Crippen LogP contribution is -2.41. The molecule has 1 unspecified atom stereocenters. The summed E-state index contributed by atoms with van der Waals surface area (Å²) in [5, 5.41) is 7.48. The van der Waals surface area contributed by atoms with Crippen LogP contribution in [0.15, 0.2) is 28.3 Å². The predicted molar refractivity (Wildman–Crippen MR) is 129 cm³/mol. The molecule has 2 aromatic rings. The molecule has 0 aromatic carbocycles. The van der Waals surface area contributed by atoms with Crippen molar-refractivity contribution in [2.45, 2.75) is 19.8 Å². The van der Waals surface area contributed by atoms with Crippen LogP contribution in [0.1, 0.15) is 30.9 Å².